The van der Waals surface area contributed by atoms with Gasteiger partial charge < -0.3 is 14.5 Å². The molecule has 1 N–H and O–H groups in total. The summed E-state index contributed by atoms with van der Waals surface area (Å²) in [4.78, 5) is 4.82. The molecule has 0 amide bonds. The minimum Gasteiger partial charge on any atom is -0.497 e. The summed E-state index contributed by atoms with van der Waals surface area (Å²) in [6, 6.07) is 17.9. The van der Waals surface area contributed by atoms with E-state index in [0.29, 0.717) is 11.6 Å². The first-order chi connectivity index (χ1) is 15.9. The minimum atomic E-state index is -3.86. The molecule has 0 bridgehead atoms. The van der Waals surface area contributed by atoms with Crippen molar-refractivity contribution in [2.45, 2.75) is 30.4 Å². The summed E-state index contributed by atoms with van der Waals surface area (Å²) in [6.45, 7) is 1.63. The van der Waals surface area contributed by atoms with Gasteiger partial charge in [-0.1, -0.05) is 35.3 Å². The molecule has 1 saturated heterocycles. The molecule has 3 aromatic rings. The third kappa shape index (κ3) is 4.21. The molecular formula is C24H23Cl2N3O3S. The standard InChI is InChI=1S/C24H23Cl2N3O3S/c1-32-18-7-4-16(5-8-18)15-29-23-14-19(9-11-22(23)28-12-2-3-24(28)29)33(30,31)27-21-13-17(25)6-10-20(21)26/h4-11,13-14,24,27H,2-3,12,15H2,1H3/t24-/m0/s1. The maximum absolute atomic E-state index is 13.2. The van der Waals surface area contributed by atoms with Crippen molar-refractivity contribution in [1.29, 1.82) is 0 Å². The largest absolute Gasteiger partial charge is 0.497 e. The maximum Gasteiger partial charge on any atom is 0.262 e. The summed E-state index contributed by atoms with van der Waals surface area (Å²) < 4.78 is 34.2. The fourth-order valence-electron chi connectivity index (χ4n) is 4.56. The van der Waals surface area contributed by atoms with E-state index in [1.54, 1.807) is 31.4 Å². The number of hydrogen-bond donors (Lipinski definition) is 1. The third-order valence-corrected chi connectivity index (χ3v) is 8.07. The number of methoxy groups -OCH3 is 1. The molecule has 172 valence electrons. The lowest BCUT2D eigenvalue weighted by Gasteiger charge is -2.27. The first-order valence-electron chi connectivity index (χ1n) is 10.6. The van der Waals surface area contributed by atoms with Gasteiger partial charge in [0.15, 0.2) is 0 Å². The molecule has 0 spiro atoms. The predicted octanol–water partition coefficient (Wildman–Crippen LogP) is 5.75. The number of nitrogens with zero attached hydrogens (tertiary/aromatic N) is 2. The van der Waals surface area contributed by atoms with Gasteiger partial charge in [-0.25, -0.2) is 8.42 Å². The molecule has 9 heteroatoms. The molecule has 2 heterocycles. The Hall–Kier alpha value is -2.61. The average molecular weight is 504 g/mol. The van der Waals surface area contributed by atoms with Gasteiger partial charge in [-0.15, -0.1) is 0 Å². The van der Waals surface area contributed by atoms with Crippen molar-refractivity contribution >= 4 is 50.3 Å². The second-order valence-corrected chi connectivity index (χ2v) is 10.7. The second-order valence-electron chi connectivity index (χ2n) is 8.17. The van der Waals surface area contributed by atoms with Crippen molar-refractivity contribution in [2.24, 2.45) is 0 Å². The number of nitrogens with one attached hydrogen (secondary N) is 1. The molecule has 6 nitrogen and oxygen atoms in total. The molecule has 0 unspecified atom stereocenters. The molecule has 0 radical (unpaired) electrons. The molecule has 0 aromatic heterocycles. The highest BCUT2D eigenvalue weighted by Crippen LogP contribution is 2.45. The highest BCUT2D eigenvalue weighted by Gasteiger charge is 2.39. The van der Waals surface area contributed by atoms with Crippen LogP contribution in [0, 0.1) is 0 Å². The van der Waals surface area contributed by atoms with Crippen LogP contribution < -0.4 is 19.3 Å². The maximum atomic E-state index is 13.2. The van der Waals surface area contributed by atoms with Crippen LogP contribution in [0.1, 0.15) is 18.4 Å². The SMILES string of the molecule is COc1ccc(CN2c3cc(S(=O)(=O)Nc4cc(Cl)ccc4Cl)ccc3N3CCC[C@@H]32)cc1. The predicted molar refractivity (Wildman–Crippen MR) is 133 cm³/mol. The van der Waals surface area contributed by atoms with Gasteiger partial charge in [-0.2, -0.15) is 0 Å². The zero-order valence-corrected chi connectivity index (χ0v) is 20.3. The van der Waals surface area contributed by atoms with Crippen LogP contribution in [0.3, 0.4) is 0 Å². The van der Waals surface area contributed by atoms with E-state index in [0.717, 1.165) is 42.1 Å². The molecule has 2 aliphatic rings. The summed E-state index contributed by atoms with van der Waals surface area (Å²) >= 11 is 12.2. The van der Waals surface area contributed by atoms with Crippen LogP contribution in [0.15, 0.2) is 65.6 Å². The molecule has 1 atom stereocenters. The van der Waals surface area contributed by atoms with Crippen LogP contribution in [0.5, 0.6) is 5.75 Å². The zero-order valence-electron chi connectivity index (χ0n) is 18.0. The summed E-state index contributed by atoms with van der Waals surface area (Å²) in [6.07, 6.45) is 2.36. The van der Waals surface area contributed by atoms with Crippen LogP contribution in [0.25, 0.3) is 0 Å². The van der Waals surface area contributed by atoms with Crippen molar-refractivity contribution in [3.8, 4) is 5.75 Å². The summed E-state index contributed by atoms with van der Waals surface area (Å²) in [5.74, 6) is 0.808. The lowest BCUT2D eigenvalue weighted by molar-refractivity contribution is 0.414. The van der Waals surface area contributed by atoms with Gasteiger partial charge in [-0.05, 0) is 66.9 Å². The summed E-state index contributed by atoms with van der Waals surface area (Å²) in [7, 11) is -2.21. The Balaban J connectivity index is 1.48. The lowest BCUT2D eigenvalue weighted by Crippen LogP contribution is -2.38. The molecule has 3 aromatic carbocycles. The lowest BCUT2D eigenvalue weighted by atomic mass is 10.1. The van der Waals surface area contributed by atoms with Crippen molar-refractivity contribution < 1.29 is 13.2 Å². The van der Waals surface area contributed by atoms with Gasteiger partial charge in [0.25, 0.3) is 10.0 Å². The van der Waals surface area contributed by atoms with E-state index >= 15 is 0 Å². The van der Waals surface area contributed by atoms with E-state index in [4.69, 9.17) is 27.9 Å². The Morgan fingerprint density at radius 3 is 2.58 bits per heavy atom. The van der Waals surface area contributed by atoms with E-state index < -0.39 is 10.0 Å². The molecule has 0 aliphatic carbocycles. The van der Waals surface area contributed by atoms with Crippen LogP contribution in [-0.4, -0.2) is 28.2 Å². The number of sulfonamides is 1. The van der Waals surface area contributed by atoms with E-state index in [1.807, 2.05) is 30.3 Å². The Morgan fingerprint density at radius 1 is 1.03 bits per heavy atom. The number of ether oxygens (including phenoxy) is 1. The number of hydrogen-bond acceptors (Lipinski definition) is 5. The molecule has 33 heavy (non-hydrogen) atoms. The first kappa shape index (κ1) is 22.2. The molecule has 5 rings (SSSR count). The molecule has 1 fully saturated rings. The number of anilines is 3. The summed E-state index contributed by atoms with van der Waals surface area (Å²) in [5, 5.41) is 0.684. The van der Waals surface area contributed by atoms with Crippen LogP contribution in [-0.2, 0) is 16.6 Å². The van der Waals surface area contributed by atoms with Crippen molar-refractivity contribution in [1.82, 2.24) is 0 Å². The highest BCUT2D eigenvalue weighted by atomic mass is 35.5. The first-order valence-corrected chi connectivity index (χ1v) is 12.9. The van der Waals surface area contributed by atoms with Gasteiger partial charge >= 0.3 is 0 Å². The van der Waals surface area contributed by atoms with Crippen LogP contribution in [0.4, 0.5) is 17.1 Å². The number of halogens is 2. The van der Waals surface area contributed by atoms with Crippen LogP contribution in [0.2, 0.25) is 10.0 Å². The van der Waals surface area contributed by atoms with Gasteiger partial charge in [0.05, 0.1) is 34.1 Å². The zero-order chi connectivity index (χ0) is 23.2. The van der Waals surface area contributed by atoms with Crippen molar-refractivity contribution in [2.75, 3.05) is 28.2 Å². The Kier molecular flexibility index (Phi) is 5.80. The van der Waals surface area contributed by atoms with Gasteiger partial charge in [0.2, 0.25) is 0 Å². The van der Waals surface area contributed by atoms with Crippen molar-refractivity contribution in [3.05, 3.63) is 76.3 Å². The van der Waals surface area contributed by atoms with Gasteiger partial charge in [-0.3, -0.25) is 4.72 Å². The Morgan fingerprint density at radius 2 is 1.82 bits per heavy atom. The quantitative estimate of drug-likeness (QED) is 0.463. The fraction of sp³-hybridized carbons (Fsp3) is 0.250. The number of fused-ring (bicyclic) bond motifs is 3. The van der Waals surface area contributed by atoms with Gasteiger partial charge in [0, 0.05) is 18.1 Å². The summed E-state index contributed by atoms with van der Waals surface area (Å²) in [5.41, 5.74) is 3.36. The average Bonchev–Trinajstić information content (AvgIpc) is 3.39. The minimum absolute atomic E-state index is 0.179. The molecular weight excluding hydrogens is 481 g/mol. The van der Waals surface area contributed by atoms with E-state index in [-0.39, 0.29) is 21.8 Å². The fourth-order valence-corrected chi connectivity index (χ4v) is 6.04. The normalized spacial score (nSPS) is 17.1. The highest BCUT2D eigenvalue weighted by molar-refractivity contribution is 7.92. The van der Waals surface area contributed by atoms with E-state index in [2.05, 4.69) is 14.5 Å². The van der Waals surface area contributed by atoms with Crippen LogP contribution >= 0.6 is 23.2 Å². The topological polar surface area (TPSA) is 61.9 Å². The monoisotopic (exact) mass is 503 g/mol. The van der Waals surface area contributed by atoms with E-state index in [9.17, 15) is 8.42 Å². The smallest absolute Gasteiger partial charge is 0.262 e. The number of benzene rings is 3. The Bertz CT molecular complexity index is 1300. The second kappa shape index (κ2) is 8.63. The van der Waals surface area contributed by atoms with E-state index in [1.165, 1.54) is 6.07 Å². The molecule has 0 saturated carbocycles. The third-order valence-electron chi connectivity index (χ3n) is 6.14. The molecule has 2 aliphatic heterocycles. The Labute approximate surface area is 203 Å². The van der Waals surface area contributed by atoms with Crippen molar-refractivity contribution in [3.63, 3.8) is 0 Å². The van der Waals surface area contributed by atoms with Gasteiger partial charge in [0.1, 0.15) is 11.9 Å². The number of rotatable bonds is 6.